The summed E-state index contributed by atoms with van der Waals surface area (Å²) in [5.74, 6) is 0.189. The number of benzene rings is 1. The predicted octanol–water partition coefficient (Wildman–Crippen LogP) is 2.82. The third-order valence-corrected chi connectivity index (χ3v) is 4.14. The molecule has 1 aromatic rings. The van der Waals surface area contributed by atoms with Gasteiger partial charge in [-0.05, 0) is 29.9 Å². The van der Waals surface area contributed by atoms with E-state index in [0.717, 1.165) is 18.7 Å². The molecule has 1 aliphatic rings. The number of urea groups is 1. The zero-order valence-corrected chi connectivity index (χ0v) is 12.5. The van der Waals surface area contributed by atoms with Gasteiger partial charge in [-0.25, -0.2) is 4.79 Å². The van der Waals surface area contributed by atoms with Crippen LogP contribution in [0.25, 0.3) is 0 Å². The minimum absolute atomic E-state index is 0.0602. The zero-order chi connectivity index (χ0) is 15.4. The normalized spacial score (nSPS) is 21.3. The van der Waals surface area contributed by atoms with Crippen LogP contribution < -0.4 is 5.32 Å². The largest absolute Gasteiger partial charge is 0.481 e. The number of likely N-dealkylation sites (tertiary alicyclic amines) is 1. The van der Waals surface area contributed by atoms with E-state index in [1.165, 1.54) is 0 Å². The number of para-hydroxylation sites is 1. The molecule has 1 aliphatic heterocycles. The molecule has 0 aromatic heterocycles. The highest BCUT2D eigenvalue weighted by Crippen LogP contribution is 2.24. The molecule has 1 saturated heterocycles. The van der Waals surface area contributed by atoms with Gasteiger partial charge in [0.2, 0.25) is 0 Å². The Labute approximate surface area is 125 Å². The van der Waals surface area contributed by atoms with Crippen molar-refractivity contribution in [3.63, 3.8) is 0 Å². The first-order valence-electron chi connectivity index (χ1n) is 7.33. The van der Waals surface area contributed by atoms with Crippen molar-refractivity contribution in [3.8, 4) is 0 Å². The Hall–Kier alpha value is -2.04. The second-order valence-corrected chi connectivity index (χ2v) is 5.84. The van der Waals surface area contributed by atoms with Crippen molar-refractivity contribution in [1.82, 2.24) is 4.90 Å². The van der Waals surface area contributed by atoms with Gasteiger partial charge in [0.25, 0.3) is 0 Å². The molecule has 2 amide bonds. The average Bonchev–Trinajstić information content (AvgIpc) is 2.78. The SMILES string of the molecule is CC1CN(C(=O)Nc2ccccc2CCC(=O)O)CC1C. The van der Waals surface area contributed by atoms with Gasteiger partial charge in [-0.3, -0.25) is 4.79 Å². The van der Waals surface area contributed by atoms with Crippen LogP contribution in [0, 0.1) is 11.8 Å². The first-order valence-corrected chi connectivity index (χ1v) is 7.33. The van der Waals surface area contributed by atoms with Crippen LogP contribution >= 0.6 is 0 Å². The van der Waals surface area contributed by atoms with E-state index in [1.807, 2.05) is 29.2 Å². The molecule has 2 rings (SSSR count). The third kappa shape index (κ3) is 3.97. The van der Waals surface area contributed by atoms with Gasteiger partial charge in [0, 0.05) is 25.2 Å². The van der Waals surface area contributed by atoms with Crippen LogP contribution in [0.3, 0.4) is 0 Å². The fourth-order valence-corrected chi connectivity index (χ4v) is 2.59. The van der Waals surface area contributed by atoms with E-state index >= 15 is 0 Å². The van der Waals surface area contributed by atoms with E-state index in [4.69, 9.17) is 5.11 Å². The summed E-state index contributed by atoms with van der Waals surface area (Å²) in [6.07, 6.45) is 0.475. The van der Waals surface area contributed by atoms with E-state index in [1.54, 1.807) is 0 Å². The molecule has 0 spiro atoms. The highest BCUT2D eigenvalue weighted by Gasteiger charge is 2.29. The summed E-state index contributed by atoms with van der Waals surface area (Å²) in [6, 6.07) is 7.27. The number of carbonyl (C=O) groups is 2. The molecular weight excluding hydrogens is 268 g/mol. The van der Waals surface area contributed by atoms with E-state index in [2.05, 4.69) is 19.2 Å². The van der Waals surface area contributed by atoms with E-state index in [0.29, 0.717) is 23.9 Å². The predicted molar refractivity (Wildman–Crippen MR) is 81.3 cm³/mol. The Morgan fingerprint density at radius 1 is 1.24 bits per heavy atom. The smallest absolute Gasteiger partial charge is 0.321 e. The molecule has 2 atom stereocenters. The lowest BCUT2D eigenvalue weighted by atomic mass is 10.0. The van der Waals surface area contributed by atoms with Crippen molar-refractivity contribution < 1.29 is 14.7 Å². The van der Waals surface area contributed by atoms with Crippen LogP contribution in [0.5, 0.6) is 0 Å². The Morgan fingerprint density at radius 3 is 2.48 bits per heavy atom. The Kier molecular flexibility index (Phi) is 4.83. The van der Waals surface area contributed by atoms with Crippen molar-refractivity contribution in [2.45, 2.75) is 26.7 Å². The monoisotopic (exact) mass is 290 g/mol. The van der Waals surface area contributed by atoms with Gasteiger partial charge in [0.1, 0.15) is 0 Å². The summed E-state index contributed by atoms with van der Waals surface area (Å²) >= 11 is 0. The Morgan fingerprint density at radius 2 is 1.86 bits per heavy atom. The highest BCUT2D eigenvalue weighted by molar-refractivity contribution is 5.90. The average molecular weight is 290 g/mol. The maximum Gasteiger partial charge on any atom is 0.321 e. The molecule has 2 N–H and O–H groups in total. The van der Waals surface area contributed by atoms with Crippen LogP contribution in [0.2, 0.25) is 0 Å². The molecule has 1 fully saturated rings. The number of nitrogens with one attached hydrogen (secondary N) is 1. The lowest BCUT2D eigenvalue weighted by Crippen LogP contribution is -2.33. The highest BCUT2D eigenvalue weighted by atomic mass is 16.4. The molecule has 1 aromatic carbocycles. The summed E-state index contributed by atoms with van der Waals surface area (Å²) in [5, 5.41) is 11.7. The van der Waals surface area contributed by atoms with Crippen LogP contribution in [0.15, 0.2) is 24.3 Å². The van der Waals surface area contributed by atoms with Gasteiger partial charge in [0.15, 0.2) is 0 Å². The summed E-state index contributed by atoms with van der Waals surface area (Å²) in [4.78, 5) is 24.8. The number of carboxylic acids is 1. The van der Waals surface area contributed by atoms with Crippen molar-refractivity contribution in [2.75, 3.05) is 18.4 Å². The molecule has 0 aliphatic carbocycles. The van der Waals surface area contributed by atoms with Crippen LogP contribution in [-0.2, 0) is 11.2 Å². The number of aliphatic carboxylic acids is 1. The second kappa shape index (κ2) is 6.61. The number of rotatable bonds is 4. The van der Waals surface area contributed by atoms with Gasteiger partial charge >= 0.3 is 12.0 Å². The summed E-state index contributed by atoms with van der Waals surface area (Å²) < 4.78 is 0. The molecule has 1 heterocycles. The maximum absolute atomic E-state index is 12.3. The Bertz CT molecular complexity index is 520. The van der Waals surface area contributed by atoms with Gasteiger partial charge in [-0.1, -0.05) is 32.0 Å². The minimum Gasteiger partial charge on any atom is -0.481 e. The summed E-state index contributed by atoms with van der Waals surface area (Å²) in [7, 11) is 0. The van der Waals surface area contributed by atoms with Gasteiger partial charge in [-0.2, -0.15) is 0 Å². The molecule has 114 valence electrons. The number of amides is 2. The lowest BCUT2D eigenvalue weighted by molar-refractivity contribution is -0.136. The number of hydrogen-bond donors (Lipinski definition) is 2. The lowest BCUT2D eigenvalue weighted by Gasteiger charge is -2.18. The van der Waals surface area contributed by atoms with Gasteiger partial charge < -0.3 is 15.3 Å². The Balaban J connectivity index is 2.02. The number of nitrogens with zero attached hydrogens (tertiary/aromatic N) is 1. The summed E-state index contributed by atoms with van der Waals surface area (Å²) in [6.45, 7) is 5.84. The first-order chi connectivity index (χ1) is 9.97. The second-order valence-electron chi connectivity index (χ2n) is 5.84. The van der Waals surface area contributed by atoms with E-state index in [-0.39, 0.29) is 12.5 Å². The molecule has 21 heavy (non-hydrogen) atoms. The minimum atomic E-state index is -0.835. The van der Waals surface area contributed by atoms with Crippen LogP contribution in [0.4, 0.5) is 10.5 Å². The van der Waals surface area contributed by atoms with Crippen molar-refractivity contribution in [2.24, 2.45) is 11.8 Å². The van der Waals surface area contributed by atoms with E-state index < -0.39 is 5.97 Å². The zero-order valence-electron chi connectivity index (χ0n) is 12.5. The molecular formula is C16H22N2O3. The first kappa shape index (κ1) is 15.4. The number of anilines is 1. The van der Waals surface area contributed by atoms with Crippen molar-refractivity contribution >= 4 is 17.7 Å². The van der Waals surface area contributed by atoms with E-state index in [9.17, 15) is 9.59 Å². The van der Waals surface area contributed by atoms with Gasteiger partial charge in [0.05, 0.1) is 0 Å². The molecule has 2 unspecified atom stereocenters. The van der Waals surface area contributed by atoms with Crippen LogP contribution in [-0.4, -0.2) is 35.1 Å². The molecule has 0 radical (unpaired) electrons. The van der Waals surface area contributed by atoms with Crippen LogP contribution in [0.1, 0.15) is 25.8 Å². The summed E-state index contributed by atoms with van der Waals surface area (Å²) in [5.41, 5.74) is 1.56. The van der Waals surface area contributed by atoms with Gasteiger partial charge in [-0.15, -0.1) is 0 Å². The topological polar surface area (TPSA) is 69.6 Å². The number of carbonyl (C=O) groups excluding carboxylic acids is 1. The molecule has 5 heteroatoms. The van der Waals surface area contributed by atoms with Crippen molar-refractivity contribution in [1.29, 1.82) is 0 Å². The number of hydrogen-bond acceptors (Lipinski definition) is 2. The quantitative estimate of drug-likeness (QED) is 0.896. The third-order valence-electron chi connectivity index (χ3n) is 4.14. The maximum atomic E-state index is 12.3. The molecule has 0 bridgehead atoms. The molecule has 0 saturated carbocycles. The standard InChI is InChI=1S/C16H22N2O3/c1-11-9-18(10-12(11)2)16(21)17-14-6-4-3-5-13(14)7-8-15(19)20/h3-6,11-12H,7-10H2,1-2H3,(H,17,21)(H,19,20). The fraction of sp³-hybridized carbons (Fsp3) is 0.500. The van der Waals surface area contributed by atoms with Crippen molar-refractivity contribution in [3.05, 3.63) is 29.8 Å². The number of carboxylic acid groups (broad SMARTS) is 1. The number of aryl methyl sites for hydroxylation is 1. The fourth-order valence-electron chi connectivity index (χ4n) is 2.59. The molecule has 5 nitrogen and oxygen atoms in total.